The van der Waals surface area contributed by atoms with Crippen LogP contribution in [0.5, 0.6) is 5.75 Å². The Morgan fingerprint density at radius 1 is 1.39 bits per heavy atom. The Labute approximate surface area is 129 Å². The quantitative estimate of drug-likeness (QED) is 0.495. The molecule has 1 aromatic heterocycles. The van der Waals surface area contributed by atoms with Crippen LogP contribution in [0.4, 0.5) is 15.8 Å². The maximum atomic E-state index is 13.9. The fourth-order valence-corrected chi connectivity index (χ4v) is 1.85. The maximum Gasteiger partial charge on any atom is 0.373 e. The zero-order chi connectivity index (χ0) is 17.0. The van der Waals surface area contributed by atoms with Crippen molar-refractivity contribution in [2.24, 2.45) is 0 Å². The highest BCUT2D eigenvalue weighted by Crippen LogP contribution is 2.32. The van der Waals surface area contributed by atoms with Crippen molar-refractivity contribution in [2.45, 2.75) is 6.54 Å². The van der Waals surface area contributed by atoms with Crippen molar-refractivity contribution in [2.75, 3.05) is 19.5 Å². The van der Waals surface area contributed by atoms with Crippen molar-refractivity contribution in [3.8, 4) is 5.75 Å². The Bertz CT molecular complexity index is 743. The number of esters is 1. The molecule has 0 radical (unpaired) electrons. The average molecular weight is 324 g/mol. The van der Waals surface area contributed by atoms with Crippen molar-refractivity contribution in [3.05, 3.63) is 51.7 Å². The monoisotopic (exact) mass is 324 g/mol. The third-order valence-corrected chi connectivity index (χ3v) is 2.97. The van der Waals surface area contributed by atoms with Crippen LogP contribution in [0, 0.1) is 15.9 Å². The molecule has 8 nitrogen and oxygen atoms in total. The molecule has 122 valence electrons. The summed E-state index contributed by atoms with van der Waals surface area (Å²) in [6, 6.07) is 4.90. The molecule has 1 aromatic carbocycles. The average Bonchev–Trinajstić information content (AvgIpc) is 3.01. The number of rotatable bonds is 6. The molecule has 0 unspecified atom stereocenters. The number of benzene rings is 1. The minimum absolute atomic E-state index is 0.00321. The van der Waals surface area contributed by atoms with Gasteiger partial charge < -0.3 is 19.2 Å². The lowest BCUT2D eigenvalue weighted by Crippen LogP contribution is -2.03. The van der Waals surface area contributed by atoms with E-state index in [1.54, 1.807) is 0 Å². The highest BCUT2D eigenvalue weighted by molar-refractivity contribution is 5.86. The van der Waals surface area contributed by atoms with Gasteiger partial charge in [0.1, 0.15) is 5.76 Å². The normalized spacial score (nSPS) is 10.2. The molecule has 0 bridgehead atoms. The van der Waals surface area contributed by atoms with Crippen molar-refractivity contribution in [3.63, 3.8) is 0 Å². The lowest BCUT2D eigenvalue weighted by Gasteiger charge is -2.08. The van der Waals surface area contributed by atoms with E-state index >= 15 is 0 Å². The summed E-state index contributed by atoms with van der Waals surface area (Å²) < 4.78 is 28.5. The van der Waals surface area contributed by atoms with E-state index in [1.165, 1.54) is 32.4 Å². The molecule has 0 aliphatic carbocycles. The Morgan fingerprint density at radius 2 is 2.13 bits per heavy atom. The SMILES string of the molecule is COC(=O)c1ccc(CNc2cc(OC)c([N+](=O)[O-])cc2F)o1. The van der Waals surface area contributed by atoms with Crippen LogP contribution >= 0.6 is 0 Å². The summed E-state index contributed by atoms with van der Waals surface area (Å²) in [6.07, 6.45) is 0. The van der Waals surface area contributed by atoms with Gasteiger partial charge in [-0.3, -0.25) is 10.1 Å². The van der Waals surface area contributed by atoms with Crippen LogP contribution in [0.2, 0.25) is 0 Å². The summed E-state index contributed by atoms with van der Waals surface area (Å²) in [7, 11) is 2.47. The van der Waals surface area contributed by atoms with Crippen LogP contribution in [0.15, 0.2) is 28.7 Å². The number of furan rings is 1. The van der Waals surface area contributed by atoms with Crippen LogP contribution in [0.3, 0.4) is 0 Å². The smallest absolute Gasteiger partial charge is 0.373 e. The van der Waals surface area contributed by atoms with E-state index in [4.69, 9.17) is 9.15 Å². The van der Waals surface area contributed by atoms with Gasteiger partial charge in [0.05, 0.1) is 37.4 Å². The van der Waals surface area contributed by atoms with Gasteiger partial charge in [0, 0.05) is 6.07 Å². The third kappa shape index (κ3) is 3.57. The van der Waals surface area contributed by atoms with Crippen LogP contribution in [0.1, 0.15) is 16.3 Å². The molecular weight excluding hydrogens is 311 g/mol. The lowest BCUT2D eigenvalue weighted by atomic mass is 10.2. The van der Waals surface area contributed by atoms with Gasteiger partial charge in [-0.1, -0.05) is 0 Å². The summed E-state index contributed by atoms with van der Waals surface area (Å²) in [5, 5.41) is 13.5. The standard InChI is InChI=1S/C14H13FN2O6/c1-21-13-6-10(9(15)5-11(13)17(19)20)16-7-8-3-4-12(23-8)14(18)22-2/h3-6,16H,7H2,1-2H3. The minimum atomic E-state index is -0.808. The van der Waals surface area contributed by atoms with Crippen molar-refractivity contribution >= 4 is 17.3 Å². The van der Waals surface area contributed by atoms with Crippen LogP contribution in [0.25, 0.3) is 0 Å². The number of hydrogen-bond donors (Lipinski definition) is 1. The molecule has 0 amide bonds. The largest absolute Gasteiger partial charge is 0.490 e. The predicted octanol–water partition coefficient (Wildman–Crippen LogP) is 2.73. The Kier molecular flexibility index (Phi) is 4.79. The fraction of sp³-hybridized carbons (Fsp3) is 0.214. The van der Waals surface area contributed by atoms with E-state index in [0.717, 1.165) is 6.07 Å². The number of hydrogen-bond acceptors (Lipinski definition) is 7. The van der Waals surface area contributed by atoms with Crippen LogP contribution < -0.4 is 10.1 Å². The first-order valence-electron chi connectivity index (χ1n) is 6.39. The second kappa shape index (κ2) is 6.77. The van der Waals surface area contributed by atoms with Crippen LogP contribution in [-0.4, -0.2) is 25.1 Å². The van der Waals surface area contributed by atoms with Gasteiger partial charge in [0.15, 0.2) is 11.6 Å². The molecule has 0 aliphatic heterocycles. The van der Waals surface area contributed by atoms with Gasteiger partial charge in [0.2, 0.25) is 5.76 Å². The molecule has 2 aromatic rings. The summed E-state index contributed by atoms with van der Waals surface area (Å²) in [6.45, 7) is 0.0644. The van der Waals surface area contributed by atoms with E-state index in [9.17, 15) is 19.3 Å². The van der Waals surface area contributed by atoms with Gasteiger partial charge in [0.25, 0.3) is 0 Å². The number of halogens is 1. The molecule has 2 rings (SSSR count). The van der Waals surface area contributed by atoms with Gasteiger partial charge >= 0.3 is 11.7 Å². The van der Waals surface area contributed by atoms with Gasteiger partial charge in [-0.25, -0.2) is 9.18 Å². The second-order valence-corrected chi connectivity index (χ2v) is 4.37. The number of nitro groups is 1. The molecule has 9 heteroatoms. The molecule has 0 saturated heterocycles. The number of carbonyl (C=O) groups excluding carboxylic acids is 1. The number of methoxy groups -OCH3 is 2. The second-order valence-electron chi connectivity index (χ2n) is 4.37. The summed E-state index contributed by atoms with van der Waals surface area (Å²) in [5.41, 5.74) is -0.468. The summed E-state index contributed by atoms with van der Waals surface area (Å²) >= 11 is 0. The van der Waals surface area contributed by atoms with Crippen molar-refractivity contribution in [1.82, 2.24) is 0 Å². The topological polar surface area (TPSA) is 104 Å². The van der Waals surface area contributed by atoms with Crippen LogP contribution in [-0.2, 0) is 11.3 Å². The van der Waals surface area contributed by atoms with Gasteiger partial charge in [-0.05, 0) is 12.1 Å². The van der Waals surface area contributed by atoms with Gasteiger partial charge in [-0.2, -0.15) is 0 Å². The molecule has 0 spiro atoms. The van der Waals surface area contributed by atoms with E-state index in [1.807, 2.05) is 0 Å². The number of carbonyl (C=O) groups is 1. The first-order chi connectivity index (χ1) is 11.0. The Balaban J connectivity index is 2.16. The molecule has 0 atom stereocenters. The summed E-state index contributed by atoms with van der Waals surface area (Å²) in [5.74, 6) is -1.13. The first kappa shape index (κ1) is 16.3. The molecule has 23 heavy (non-hydrogen) atoms. The lowest BCUT2D eigenvalue weighted by molar-refractivity contribution is -0.385. The number of nitro benzene ring substituents is 1. The molecule has 0 aliphatic rings. The number of ether oxygens (including phenoxy) is 2. The zero-order valence-corrected chi connectivity index (χ0v) is 12.3. The van der Waals surface area contributed by atoms with E-state index in [-0.39, 0.29) is 23.7 Å². The number of nitrogens with zero attached hydrogens (tertiary/aromatic N) is 1. The molecule has 0 saturated carbocycles. The van der Waals surface area contributed by atoms with Crippen molar-refractivity contribution in [1.29, 1.82) is 0 Å². The molecular formula is C14H13FN2O6. The minimum Gasteiger partial charge on any atom is -0.490 e. The highest BCUT2D eigenvalue weighted by atomic mass is 19.1. The van der Waals surface area contributed by atoms with E-state index < -0.39 is 22.4 Å². The number of nitrogens with one attached hydrogen (secondary N) is 1. The van der Waals surface area contributed by atoms with E-state index in [0.29, 0.717) is 5.76 Å². The first-order valence-corrected chi connectivity index (χ1v) is 6.39. The molecule has 1 heterocycles. The summed E-state index contributed by atoms with van der Waals surface area (Å²) in [4.78, 5) is 21.3. The zero-order valence-electron chi connectivity index (χ0n) is 12.3. The fourth-order valence-electron chi connectivity index (χ4n) is 1.85. The maximum absolute atomic E-state index is 13.9. The highest BCUT2D eigenvalue weighted by Gasteiger charge is 2.19. The van der Waals surface area contributed by atoms with E-state index in [2.05, 4.69) is 10.1 Å². The molecule has 0 fully saturated rings. The Hall–Kier alpha value is -3.10. The van der Waals surface area contributed by atoms with Gasteiger partial charge in [-0.15, -0.1) is 0 Å². The third-order valence-electron chi connectivity index (χ3n) is 2.97. The van der Waals surface area contributed by atoms with Crippen molar-refractivity contribution < 1.29 is 28.0 Å². The predicted molar refractivity (Wildman–Crippen MR) is 77.0 cm³/mol. The number of anilines is 1. The molecule has 1 N–H and O–H groups in total. The Morgan fingerprint density at radius 3 is 2.74 bits per heavy atom.